The number of hydrogen-bond acceptors (Lipinski definition) is 3. The molecule has 1 heterocycles. The van der Waals surface area contributed by atoms with Crippen LogP contribution >= 0.6 is 0 Å². The van der Waals surface area contributed by atoms with Crippen molar-refractivity contribution in [1.29, 1.82) is 0 Å². The first kappa shape index (κ1) is 12.9. The van der Waals surface area contributed by atoms with Crippen LogP contribution in [0.25, 0.3) is 0 Å². The van der Waals surface area contributed by atoms with Gasteiger partial charge in [-0.05, 0) is 5.92 Å². The fourth-order valence-electron chi connectivity index (χ4n) is 1.61. The van der Waals surface area contributed by atoms with Gasteiger partial charge in [0.15, 0.2) is 0 Å². The summed E-state index contributed by atoms with van der Waals surface area (Å²) in [6, 6.07) is -0.328. The van der Waals surface area contributed by atoms with Gasteiger partial charge in [-0.25, -0.2) is 4.98 Å². The van der Waals surface area contributed by atoms with E-state index in [9.17, 15) is 4.79 Å². The van der Waals surface area contributed by atoms with E-state index in [1.54, 1.807) is 6.20 Å². The molecular formula is C12H21N3O. The van der Waals surface area contributed by atoms with E-state index < -0.39 is 0 Å². The maximum atomic E-state index is 11.8. The Kier molecular flexibility index (Phi) is 4.68. The predicted octanol–water partition coefficient (Wildman–Crippen LogP) is 1.30. The van der Waals surface area contributed by atoms with E-state index in [2.05, 4.69) is 11.9 Å². The van der Waals surface area contributed by atoms with Crippen LogP contribution in [0.1, 0.15) is 32.5 Å². The third-order valence-corrected chi connectivity index (χ3v) is 3.14. The quantitative estimate of drug-likeness (QED) is 0.790. The molecule has 0 aliphatic heterocycles. The Hall–Kier alpha value is -1.16. The molecule has 4 nitrogen and oxygen atoms in total. The van der Waals surface area contributed by atoms with Crippen molar-refractivity contribution >= 4 is 5.78 Å². The summed E-state index contributed by atoms with van der Waals surface area (Å²) >= 11 is 0. The van der Waals surface area contributed by atoms with Crippen LogP contribution in [0.4, 0.5) is 0 Å². The molecular weight excluding hydrogens is 202 g/mol. The largest absolute Gasteiger partial charge is 0.338 e. The van der Waals surface area contributed by atoms with Gasteiger partial charge in [0.25, 0.3) is 0 Å². The summed E-state index contributed by atoms with van der Waals surface area (Å²) in [5.74, 6) is 1.33. The summed E-state index contributed by atoms with van der Waals surface area (Å²) in [4.78, 5) is 16.0. The van der Waals surface area contributed by atoms with Crippen molar-refractivity contribution in [3.05, 3.63) is 18.2 Å². The molecule has 2 atom stereocenters. The SMILES string of the molecule is CCC(C)C(N)C(=O)CCc1nccn1C. The molecule has 2 N–H and O–H groups in total. The monoisotopic (exact) mass is 223 g/mol. The molecule has 0 radical (unpaired) electrons. The summed E-state index contributed by atoms with van der Waals surface area (Å²) in [5.41, 5.74) is 5.87. The van der Waals surface area contributed by atoms with Gasteiger partial charge in [-0.15, -0.1) is 0 Å². The zero-order chi connectivity index (χ0) is 12.1. The highest BCUT2D eigenvalue weighted by atomic mass is 16.1. The van der Waals surface area contributed by atoms with Crippen LogP contribution < -0.4 is 5.73 Å². The molecule has 1 rings (SSSR count). The third-order valence-electron chi connectivity index (χ3n) is 3.14. The van der Waals surface area contributed by atoms with Gasteiger partial charge < -0.3 is 10.3 Å². The van der Waals surface area contributed by atoms with Crippen LogP contribution in [-0.4, -0.2) is 21.4 Å². The summed E-state index contributed by atoms with van der Waals surface area (Å²) < 4.78 is 1.93. The first-order chi connectivity index (χ1) is 7.56. The average Bonchev–Trinajstić information content (AvgIpc) is 2.69. The fourth-order valence-corrected chi connectivity index (χ4v) is 1.61. The number of rotatable bonds is 6. The van der Waals surface area contributed by atoms with E-state index >= 15 is 0 Å². The number of aromatic nitrogens is 2. The van der Waals surface area contributed by atoms with Crippen LogP contribution in [-0.2, 0) is 18.3 Å². The van der Waals surface area contributed by atoms with Crippen molar-refractivity contribution in [2.75, 3.05) is 0 Å². The van der Waals surface area contributed by atoms with Gasteiger partial charge in [0.05, 0.1) is 6.04 Å². The molecule has 0 amide bonds. The highest BCUT2D eigenvalue weighted by Crippen LogP contribution is 2.09. The molecule has 4 heteroatoms. The summed E-state index contributed by atoms with van der Waals surface area (Å²) in [6.07, 6.45) is 5.72. The number of hydrogen-bond donors (Lipinski definition) is 1. The smallest absolute Gasteiger partial charge is 0.150 e. The van der Waals surface area contributed by atoms with Crippen molar-refractivity contribution in [1.82, 2.24) is 9.55 Å². The van der Waals surface area contributed by atoms with Gasteiger partial charge >= 0.3 is 0 Å². The van der Waals surface area contributed by atoms with Crippen molar-refractivity contribution < 1.29 is 4.79 Å². The van der Waals surface area contributed by atoms with Crippen LogP contribution in [0.15, 0.2) is 12.4 Å². The van der Waals surface area contributed by atoms with E-state index in [4.69, 9.17) is 5.73 Å². The zero-order valence-electron chi connectivity index (χ0n) is 10.3. The second-order valence-corrected chi connectivity index (χ2v) is 4.33. The maximum absolute atomic E-state index is 11.8. The first-order valence-electron chi connectivity index (χ1n) is 5.80. The second-order valence-electron chi connectivity index (χ2n) is 4.33. The standard InChI is InChI=1S/C12H21N3O/c1-4-9(2)12(13)10(16)5-6-11-14-7-8-15(11)3/h7-9,12H,4-6,13H2,1-3H3. The van der Waals surface area contributed by atoms with E-state index in [0.29, 0.717) is 12.8 Å². The summed E-state index contributed by atoms with van der Waals surface area (Å²) in [6.45, 7) is 4.07. The minimum atomic E-state index is -0.328. The Bertz CT molecular complexity index is 346. The molecule has 0 fully saturated rings. The molecule has 0 aromatic carbocycles. The number of aryl methyl sites for hydroxylation is 2. The Morgan fingerprint density at radius 1 is 1.62 bits per heavy atom. The van der Waals surface area contributed by atoms with Gasteiger partial charge in [0.2, 0.25) is 0 Å². The predicted molar refractivity (Wildman–Crippen MR) is 64.0 cm³/mol. The first-order valence-corrected chi connectivity index (χ1v) is 5.80. The number of imidazole rings is 1. The molecule has 1 aromatic rings. The highest BCUT2D eigenvalue weighted by molar-refractivity contribution is 5.84. The fraction of sp³-hybridized carbons (Fsp3) is 0.667. The van der Waals surface area contributed by atoms with E-state index in [1.165, 1.54) is 0 Å². The van der Waals surface area contributed by atoms with Gasteiger partial charge in [-0.3, -0.25) is 4.79 Å². The lowest BCUT2D eigenvalue weighted by Crippen LogP contribution is -2.36. The van der Waals surface area contributed by atoms with Gasteiger partial charge in [0, 0.05) is 32.3 Å². The van der Waals surface area contributed by atoms with E-state index in [0.717, 1.165) is 12.2 Å². The minimum absolute atomic E-state index is 0.136. The molecule has 0 bridgehead atoms. The topological polar surface area (TPSA) is 60.9 Å². The number of nitrogens with two attached hydrogens (primary N) is 1. The third kappa shape index (κ3) is 3.17. The Morgan fingerprint density at radius 2 is 2.31 bits per heavy atom. The lowest BCUT2D eigenvalue weighted by atomic mass is 9.94. The molecule has 0 saturated heterocycles. The lowest BCUT2D eigenvalue weighted by molar-refractivity contribution is -0.121. The molecule has 0 spiro atoms. The maximum Gasteiger partial charge on any atom is 0.150 e. The number of carbonyl (C=O) groups is 1. The number of nitrogens with zero attached hydrogens (tertiary/aromatic N) is 2. The molecule has 2 unspecified atom stereocenters. The van der Waals surface area contributed by atoms with Crippen molar-refractivity contribution in [2.45, 2.75) is 39.2 Å². The zero-order valence-corrected chi connectivity index (χ0v) is 10.3. The van der Waals surface area contributed by atoms with Gasteiger partial charge in [-0.1, -0.05) is 20.3 Å². The molecule has 0 saturated carbocycles. The summed E-state index contributed by atoms with van der Waals surface area (Å²) in [5, 5.41) is 0. The lowest BCUT2D eigenvalue weighted by Gasteiger charge is -2.16. The van der Waals surface area contributed by atoms with Crippen LogP contribution in [0, 0.1) is 5.92 Å². The van der Waals surface area contributed by atoms with E-state index in [1.807, 2.05) is 24.7 Å². The van der Waals surface area contributed by atoms with Gasteiger partial charge in [0.1, 0.15) is 11.6 Å². The molecule has 1 aromatic heterocycles. The molecule has 0 aliphatic rings. The average molecular weight is 223 g/mol. The van der Waals surface area contributed by atoms with Crippen molar-refractivity contribution in [3.8, 4) is 0 Å². The van der Waals surface area contributed by atoms with Crippen LogP contribution in [0.3, 0.4) is 0 Å². The highest BCUT2D eigenvalue weighted by Gasteiger charge is 2.19. The molecule has 0 aliphatic carbocycles. The normalized spacial score (nSPS) is 14.8. The van der Waals surface area contributed by atoms with Gasteiger partial charge in [-0.2, -0.15) is 0 Å². The molecule has 16 heavy (non-hydrogen) atoms. The van der Waals surface area contributed by atoms with Crippen molar-refractivity contribution in [2.24, 2.45) is 18.7 Å². The second kappa shape index (κ2) is 5.80. The van der Waals surface area contributed by atoms with Crippen LogP contribution in [0.2, 0.25) is 0 Å². The Morgan fingerprint density at radius 3 is 2.81 bits per heavy atom. The van der Waals surface area contributed by atoms with Crippen molar-refractivity contribution in [3.63, 3.8) is 0 Å². The van der Waals surface area contributed by atoms with E-state index in [-0.39, 0.29) is 17.7 Å². The number of ketones is 1. The number of Topliss-reactive ketones (excluding diaryl/α,β-unsaturated/α-hetero) is 1. The van der Waals surface area contributed by atoms with Crippen LogP contribution in [0.5, 0.6) is 0 Å². The summed E-state index contributed by atoms with van der Waals surface area (Å²) in [7, 11) is 1.93. The Labute approximate surface area is 96.9 Å². The minimum Gasteiger partial charge on any atom is -0.338 e. The number of carbonyl (C=O) groups excluding carboxylic acids is 1. The Balaban J connectivity index is 2.44. The molecule has 90 valence electrons.